The number of rotatable bonds is 20. The van der Waals surface area contributed by atoms with Crippen molar-refractivity contribution in [2.45, 2.75) is 91.1 Å². The predicted octanol–water partition coefficient (Wildman–Crippen LogP) is 9.94. The minimum Gasteiger partial charge on any atom is -0.445 e. The molecule has 4 aromatic carbocycles. The zero-order chi connectivity index (χ0) is 36.1. The summed E-state index contributed by atoms with van der Waals surface area (Å²) >= 11 is 0. The summed E-state index contributed by atoms with van der Waals surface area (Å²) in [5.41, 5.74) is 5.16. The number of alkyl carbamates (subject to hydrolysis) is 1. The minimum atomic E-state index is -0.450. The van der Waals surface area contributed by atoms with Gasteiger partial charge >= 0.3 is 6.09 Å². The van der Waals surface area contributed by atoms with Gasteiger partial charge in [-0.3, -0.25) is 4.79 Å². The van der Waals surface area contributed by atoms with E-state index in [1.165, 1.54) is 70.0 Å². The van der Waals surface area contributed by atoms with Crippen molar-refractivity contribution < 1.29 is 14.3 Å². The smallest absolute Gasteiger partial charge is 0.407 e. The fourth-order valence-electron chi connectivity index (χ4n) is 6.23. The molecule has 0 heterocycles. The fraction of sp³-hybridized carbons (Fsp3) is 0.422. The molecule has 0 aliphatic carbocycles. The Morgan fingerprint density at radius 3 is 2.20 bits per heavy atom. The number of carbonyl (C=O) groups excluding carboxylic acids is 2. The maximum absolute atomic E-state index is 13.2. The van der Waals surface area contributed by atoms with E-state index in [-0.39, 0.29) is 18.4 Å². The van der Waals surface area contributed by atoms with Crippen LogP contribution >= 0.6 is 0 Å². The first-order valence-corrected chi connectivity index (χ1v) is 18.9. The Labute approximate surface area is 306 Å². The van der Waals surface area contributed by atoms with Gasteiger partial charge in [0.25, 0.3) is 0 Å². The van der Waals surface area contributed by atoms with Crippen LogP contribution in [0.25, 0.3) is 10.8 Å². The molecule has 6 nitrogen and oxygen atoms in total. The van der Waals surface area contributed by atoms with Crippen LogP contribution in [-0.2, 0) is 29.0 Å². The average molecular weight is 688 g/mol. The number of benzene rings is 4. The lowest BCUT2D eigenvalue weighted by Crippen LogP contribution is -2.24. The molecule has 270 valence electrons. The lowest BCUT2D eigenvalue weighted by atomic mass is 9.93. The third kappa shape index (κ3) is 14.3. The van der Waals surface area contributed by atoms with E-state index < -0.39 is 6.09 Å². The third-order valence-corrected chi connectivity index (χ3v) is 9.31. The number of hydrogen-bond acceptors (Lipinski definition) is 4. The number of nitrogens with zero attached hydrogens (tertiary/aromatic N) is 1. The van der Waals surface area contributed by atoms with E-state index in [0.717, 1.165) is 39.6 Å². The molecule has 0 bridgehead atoms. The summed E-state index contributed by atoms with van der Waals surface area (Å²) in [6.45, 7) is 7.31. The molecule has 0 spiro atoms. The van der Waals surface area contributed by atoms with E-state index in [4.69, 9.17) is 4.74 Å². The summed E-state index contributed by atoms with van der Waals surface area (Å²) in [5, 5.41) is 8.05. The number of anilines is 1. The first-order chi connectivity index (χ1) is 24.9. The summed E-state index contributed by atoms with van der Waals surface area (Å²) in [6.07, 6.45) is 12.1. The van der Waals surface area contributed by atoms with E-state index in [0.29, 0.717) is 19.4 Å². The molecule has 0 aliphatic heterocycles. The maximum Gasteiger partial charge on any atom is 0.407 e. The molecule has 0 aromatic heterocycles. The predicted molar refractivity (Wildman–Crippen MR) is 212 cm³/mol. The van der Waals surface area contributed by atoms with Gasteiger partial charge in [-0.05, 0) is 97.9 Å². The number of ether oxygens (including phenoxy) is 1. The van der Waals surface area contributed by atoms with Gasteiger partial charge in [-0.1, -0.05) is 131 Å². The highest BCUT2D eigenvalue weighted by atomic mass is 16.5. The van der Waals surface area contributed by atoms with E-state index in [1.807, 2.05) is 67.6 Å². The molecule has 1 atom stereocenters. The summed E-state index contributed by atoms with van der Waals surface area (Å²) in [4.78, 5) is 27.7. The van der Waals surface area contributed by atoms with E-state index in [9.17, 15) is 9.59 Å². The van der Waals surface area contributed by atoms with Gasteiger partial charge in [0.15, 0.2) is 0 Å². The van der Waals surface area contributed by atoms with Crippen molar-refractivity contribution in [2.75, 3.05) is 32.0 Å². The molecule has 0 fully saturated rings. The van der Waals surface area contributed by atoms with E-state index in [2.05, 4.69) is 71.7 Å². The SMILES string of the molecule is CCCCCCN(C)CCCCCCc1ccc(NC(=O)[C@@H](C)Cc2ccc(C#CCCNC(=O)OCc3ccccc3)c3ccccc23)cc1. The summed E-state index contributed by atoms with van der Waals surface area (Å²) < 4.78 is 5.26. The van der Waals surface area contributed by atoms with Crippen molar-refractivity contribution in [1.82, 2.24) is 10.2 Å². The number of amides is 2. The van der Waals surface area contributed by atoms with Crippen molar-refractivity contribution in [3.63, 3.8) is 0 Å². The number of unbranched alkanes of at least 4 members (excludes halogenated alkanes) is 6. The van der Waals surface area contributed by atoms with Gasteiger partial charge in [-0.2, -0.15) is 0 Å². The maximum atomic E-state index is 13.2. The van der Waals surface area contributed by atoms with Crippen LogP contribution in [0.2, 0.25) is 0 Å². The van der Waals surface area contributed by atoms with Crippen molar-refractivity contribution in [3.05, 3.63) is 113 Å². The Bertz CT molecular complexity index is 1690. The van der Waals surface area contributed by atoms with E-state index >= 15 is 0 Å². The van der Waals surface area contributed by atoms with Crippen LogP contribution in [0.15, 0.2) is 91.0 Å². The molecule has 4 aromatic rings. The summed E-state index contributed by atoms with van der Waals surface area (Å²) in [6, 6.07) is 30.3. The van der Waals surface area contributed by atoms with Crippen LogP contribution in [0.4, 0.5) is 10.5 Å². The molecule has 0 saturated carbocycles. The van der Waals surface area contributed by atoms with Crippen LogP contribution in [0, 0.1) is 17.8 Å². The Kier molecular flexibility index (Phi) is 17.1. The highest BCUT2D eigenvalue weighted by molar-refractivity contribution is 5.94. The van der Waals surface area contributed by atoms with Gasteiger partial charge in [0.05, 0.1) is 0 Å². The molecule has 2 N–H and O–H groups in total. The molecule has 0 unspecified atom stereocenters. The second kappa shape index (κ2) is 22.3. The van der Waals surface area contributed by atoms with E-state index in [1.54, 1.807) is 0 Å². The Morgan fingerprint density at radius 2 is 1.45 bits per heavy atom. The van der Waals surface area contributed by atoms with Gasteiger partial charge < -0.3 is 20.3 Å². The quantitative estimate of drug-likeness (QED) is 0.0717. The molecule has 51 heavy (non-hydrogen) atoms. The number of hydrogen-bond donors (Lipinski definition) is 2. The number of fused-ring (bicyclic) bond motifs is 1. The lowest BCUT2D eigenvalue weighted by Gasteiger charge is -2.16. The topological polar surface area (TPSA) is 70.7 Å². The van der Waals surface area contributed by atoms with Crippen molar-refractivity contribution in [3.8, 4) is 11.8 Å². The second-order valence-electron chi connectivity index (χ2n) is 13.7. The molecular weight excluding hydrogens is 631 g/mol. The van der Waals surface area contributed by atoms with Crippen LogP contribution in [0.1, 0.15) is 93.9 Å². The van der Waals surface area contributed by atoms with Crippen LogP contribution < -0.4 is 10.6 Å². The number of aryl methyl sites for hydroxylation is 1. The zero-order valence-corrected chi connectivity index (χ0v) is 31.0. The largest absolute Gasteiger partial charge is 0.445 e. The van der Waals surface area contributed by atoms with Crippen LogP contribution in [-0.4, -0.2) is 43.6 Å². The number of carbonyl (C=O) groups is 2. The lowest BCUT2D eigenvalue weighted by molar-refractivity contribution is -0.119. The first-order valence-electron chi connectivity index (χ1n) is 18.9. The fourth-order valence-corrected chi connectivity index (χ4v) is 6.23. The monoisotopic (exact) mass is 687 g/mol. The highest BCUT2D eigenvalue weighted by Crippen LogP contribution is 2.25. The molecule has 2 amide bonds. The molecule has 0 radical (unpaired) electrons. The zero-order valence-electron chi connectivity index (χ0n) is 31.0. The molecular formula is C45H57N3O3. The van der Waals surface area contributed by atoms with Gasteiger partial charge in [-0.15, -0.1) is 0 Å². The normalized spacial score (nSPS) is 11.5. The third-order valence-electron chi connectivity index (χ3n) is 9.31. The Morgan fingerprint density at radius 1 is 0.765 bits per heavy atom. The molecule has 0 saturated heterocycles. The first kappa shape index (κ1) is 39.2. The van der Waals surface area contributed by atoms with Crippen LogP contribution in [0.3, 0.4) is 0 Å². The van der Waals surface area contributed by atoms with Gasteiger partial charge in [-0.25, -0.2) is 4.79 Å². The Balaban J connectivity index is 1.18. The molecule has 6 heteroatoms. The highest BCUT2D eigenvalue weighted by Gasteiger charge is 2.16. The summed E-state index contributed by atoms with van der Waals surface area (Å²) in [7, 11) is 2.25. The van der Waals surface area contributed by atoms with Gasteiger partial charge in [0.2, 0.25) is 5.91 Å². The summed E-state index contributed by atoms with van der Waals surface area (Å²) in [5.74, 6) is 6.26. The molecule has 0 aliphatic rings. The Hall–Kier alpha value is -4.60. The van der Waals surface area contributed by atoms with Gasteiger partial charge in [0, 0.05) is 30.1 Å². The average Bonchev–Trinajstić information content (AvgIpc) is 3.15. The van der Waals surface area contributed by atoms with Gasteiger partial charge in [0.1, 0.15) is 6.61 Å². The standard InChI is InChI=1S/C45H57N3O3/c1-4-5-6-17-32-48(3)33-18-8-7-10-19-37-25-29-41(30-26-37)47-44(49)36(2)34-40-28-27-39(42-23-13-14-24-43(40)42)22-15-16-31-46-45(50)51-35-38-20-11-9-12-21-38/h9,11-14,20-21,23-30,36H,4-8,10,16-19,31-35H2,1-3H3,(H,46,50)(H,47,49)/t36-/m0/s1. The number of nitrogens with one attached hydrogen (secondary N) is 2. The second-order valence-corrected chi connectivity index (χ2v) is 13.7. The van der Waals surface area contributed by atoms with Crippen molar-refractivity contribution in [2.24, 2.45) is 5.92 Å². The van der Waals surface area contributed by atoms with Crippen molar-refractivity contribution in [1.29, 1.82) is 0 Å². The minimum absolute atomic E-state index is 0.0147. The molecule has 4 rings (SSSR count). The van der Waals surface area contributed by atoms with Crippen LogP contribution in [0.5, 0.6) is 0 Å². The van der Waals surface area contributed by atoms with Crippen molar-refractivity contribution >= 4 is 28.5 Å².